The first kappa shape index (κ1) is 18.6. The predicted molar refractivity (Wildman–Crippen MR) is 75.1 cm³/mol. The Hall–Kier alpha value is -1.39. The van der Waals surface area contributed by atoms with Crippen LogP contribution in [0.2, 0.25) is 0 Å². The van der Waals surface area contributed by atoms with Crippen molar-refractivity contribution in [1.82, 2.24) is 0 Å². The van der Waals surface area contributed by atoms with E-state index in [2.05, 4.69) is 0 Å². The molecule has 5 nitrogen and oxygen atoms in total. The van der Waals surface area contributed by atoms with Crippen molar-refractivity contribution in [2.24, 2.45) is 5.92 Å². The van der Waals surface area contributed by atoms with Crippen LogP contribution in [0.15, 0.2) is 0 Å². The minimum atomic E-state index is -0.354. The van der Waals surface area contributed by atoms with Gasteiger partial charge in [-0.2, -0.15) is 0 Å². The molecule has 0 heterocycles. The Kier molecular flexibility index (Phi) is 9.68. The maximum Gasteiger partial charge on any atom is 0.305 e. The lowest BCUT2D eigenvalue weighted by atomic mass is 9.89. The molecule has 2 unspecified atom stereocenters. The molecule has 0 aliphatic rings. The molecule has 0 fully saturated rings. The fraction of sp³-hybridized carbons (Fsp3) is 0.800. The highest BCUT2D eigenvalue weighted by atomic mass is 16.5. The largest absolute Gasteiger partial charge is 0.466 e. The third kappa shape index (κ3) is 8.67. The molecule has 5 heteroatoms. The van der Waals surface area contributed by atoms with Crippen molar-refractivity contribution in [3.8, 4) is 0 Å². The van der Waals surface area contributed by atoms with Crippen molar-refractivity contribution in [3.63, 3.8) is 0 Å². The molecule has 0 aromatic rings. The fourth-order valence-corrected chi connectivity index (χ4v) is 2.21. The van der Waals surface area contributed by atoms with E-state index in [-0.39, 0.29) is 36.2 Å². The summed E-state index contributed by atoms with van der Waals surface area (Å²) in [7, 11) is 0. The predicted octanol–water partition coefficient (Wildman–Crippen LogP) is 2.66. The SMILES string of the molecule is CCCC(OC(C)=O)C(CCC(=O)OCC)CC(C)=O. The van der Waals surface area contributed by atoms with Crippen LogP contribution in [-0.2, 0) is 23.9 Å². The van der Waals surface area contributed by atoms with E-state index in [4.69, 9.17) is 9.47 Å². The van der Waals surface area contributed by atoms with Crippen LogP contribution >= 0.6 is 0 Å². The summed E-state index contributed by atoms with van der Waals surface area (Å²) >= 11 is 0. The van der Waals surface area contributed by atoms with Gasteiger partial charge in [0.05, 0.1) is 6.61 Å². The van der Waals surface area contributed by atoms with Crippen LogP contribution in [0.25, 0.3) is 0 Å². The highest BCUT2D eigenvalue weighted by Gasteiger charge is 2.25. The average Bonchev–Trinajstić information content (AvgIpc) is 2.33. The molecule has 2 atom stereocenters. The minimum absolute atomic E-state index is 0.0344. The second-order valence-corrected chi connectivity index (χ2v) is 4.95. The molecule has 0 amide bonds. The maximum absolute atomic E-state index is 11.4. The van der Waals surface area contributed by atoms with E-state index < -0.39 is 0 Å². The number of ether oxygens (including phenoxy) is 2. The maximum atomic E-state index is 11.4. The standard InChI is InChI=1S/C15H26O5/c1-5-7-14(20-12(4)17)13(10-11(3)16)8-9-15(18)19-6-2/h13-14H,5-10H2,1-4H3. The lowest BCUT2D eigenvalue weighted by Gasteiger charge is -2.25. The Morgan fingerprint density at radius 3 is 2.15 bits per heavy atom. The van der Waals surface area contributed by atoms with Crippen molar-refractivity contribution in [2.75, 3.05) is 6.61 Å². The third-order valence-electron chi connectivity index (χ3n) is 2.99. The van der Waals surface area contributed by atoms with E-state index in [1.165, 1.54) is 13.8 Å². The van der Waals surface area contributed by atoms with Crippen LogP contribution in [0.1, 0.15) is 59.8 Å². The fourth-order valence-electron chi connectivity index (χ4n) is 2.21. The molecule has 0 rings (SSSR count). The van der Waals surface area contributed by atoms with Gasteiger partial charge in [0.2, 0.25) is 0 Å². The number of Topliss-reactive ketones (excluding diaryl/α,β-unsaturated/α-hetero) is 1. The highest BCUT2D eigenvalue weighted by Crippen LogP contribution is 2.23. The van der Waals surface area contributed by atoms with E-state index in [1.54, 1.807) is 6.92 Å². The Morgan fingerprint density at radius 1 is 1.05 bits per heavy atom. The van der Waals surface area contributed by atoms with Gasteiger partial charge in [-0.3, -0.25) is 9.59 Å². The second kappa shape index (κ2) is 10.4. The zero-order chi connectivity index (χ0) is 15.5. The molecular weight excluding hydrogens is 260 g/mol. The Morgan fingerprint density at radius 2 is 1.70 bits per heavy atom. The lowest BCUT2D eigenvalue weighted by molar-refractivity contribution is -0.151. The first-order chi connectivity index (χ1) is 9.40. The van der Waals surface area contributed by atoms with Crippen LogP contribution in [0, 0.1) is 5.92 Å². The van der Waals surface area contributed by atoms with Gasteiger partial charge in [0.25, 0.3) is 0 Å². The molecule has 116 valence electrons. The summed E-state index contributed by atoms with van der Waals surface area (Å²) in [4.78, 5) is 33.9. The molecule has 0 spiro atoms. The second-order valence-electron chi connectivity index (χ2n) is 4.95. The zero-order valence-electron chi connectivity index (χ0n) is 12.9. The third-order valence-corrected chi connectivity index (χ3v) is 2.99. The van der Waals surface area contributed by atoms with Gasteiger partial charge in [0.15, 0.2) is 0 Å². The van der Waals surface area contributed by atoms with Crippen molar-refractivity contribution in [2.45, 2.75) is 65.9 Å². The average molecular weight is 286 g/mol. The van der Waals surface area contributed by atoms with Crippen LogP contribution in [0.5, 0.6) is 0 Å². The summed E-state index contributed by atoms with van der Waals surface area (Å²) in [6.07, 6.45) is 2.29. The zero-order valence-corrected chi connectivity index (χ0v) is 12.9. The number of esters is 2. The number of hydrogen-bond acceptors (Lipinski definition) is 5. The summed E-state index contributed by atoms with van der Waals surface area (Å²) < 4.78 is 10.2. The van der Waals surface area contributed by atoms with Gasteiger partial charge in [-0.1, -0.05) is 13.3 Å². The molecule has 0 aliphatic heterocycles. The summed E-state index contributed by atoms with van der Waals surface area (Å²) in [5.74, 6) is -0.722. The Bertz CT molecular complexity index is 324. The highest BCUT2D eigenvalue weighted by molar-refractivity contribution is 5.76. The van der Waals surface area contributed by atoms with Crippen LogP contribution in [0.3, 0.4) is 0 Å². The van der Waals surface area contributed by atoms with E-state index in [0.717, 1.165) is 6.42 Å². The number of ketones is 1. The van der Waals surface area contributed by atoms with Gasteiger partial charge in [-0.25, -0.2) is 0 Å². The van der Waals surface area contributed by atoms with Gasteiger partial charge < -0.3 is 14.3 Å². The first-order valence-corrected chi connectivity index (χ1v) is 7.22. The Balaban J connectivity index is 4.66. The normalized spacial score (nSPS) is 13.4. The molecule has 0 radical (unpaired) electrons. The van der Waals surface area contributed by atoms with E-state index in [1.807, 2.05) is 6.92 Å². The van der Waals surface area contributed by atoms with Crippen molar-refractivity contribution >= 4 is 17.7 Å². The molecule has 0 aromatic heterocycles. The molecule has 0 bridgehead atoms. The molecule has 0 aromatic carbocycles. The van der Waals surface area contributed by atoms with E-state index in [9.17, 15) is 14.4 Å². The van der Waals surface area contributed by atoms with Crippen LogP contribution in [0.4, 0.5) is 0 Å². The topological polar surface area (TPSA) is 69.7 Å². The van der Waals surface area contributed by atoms with E-state index >= 15 is 0 Å². The Labute approximate surface area is 121 Å². The summed E-state index contributed by atoms with van der Waals surface area (Å²) in [6, 6.07) is 0. The van der Waals surface area contributed by atoms with E-state index in [0.29, 0.717) is 25.9 Å². The molecule has 0 aliphatic carbocycles. The van der Waals surface area contributed by atoms with Gasteiger partial charge in [0.1, 0.15) is 11.9 Å². The molecule has 0 saturated carbocycles. The number of carbonyl (C=O) groups excluding carboxylic acids is 3. The first-order valence-electron chi connectivity index (χ1n) is 7.22. The molecule has 0 N–H and O–H groups in total. The summed E-state index contributed by atoms with van der Waals surface area (Å²) in [5.41, 5.74) is 0. The number of hydrogen-bond donors (Lipinski definition) is 0. The molecule has 0 saturated heterocycles. The van der Waals surface area contributed by atoms with Crippen molar-refractivity contribution in [3.05, 3.63) is 0 Å². The van der Waals surface area contributed by atoms with Gasteiger partial charge in [0, 0.05) is 25.7 Å². The quantitative estimate of drug-likeness (QED) is 0.577. The van der Waals surface area contributed by atoms with Gasteiger partial charge >= 0.3 is 11.9 Å². The number of carbonyl (C=O) groups is 3. The van der Waals surface area contributed by atoms with Gasteiger partial charge in [-0.15, -0.1) is 0 Å². The van der Waals surface area contributed by atoms with Crippen LogP contribution in [-0.4, -0.2) is 30.4 Å². The summed E-state index contributed by atoms with van der Waals surface area (Å²) in [6.45, 7) is 6.96. The smallest absolute Gasteiger partial charge is 0.305 e. The number of rotatable bonds is 10. The van der Waals surface area contributed by atoms with Crippen LogP contribution < -0.4 is 0 Å². The van der Waals surface area contributed by atoms with Crippen molar-refractivity contribution < 1.29 is 23.9 Å². The van der Waals surface area contributed by atoms with Crippen molar-refractivity contribution in [1.29, 1.82) is 0 Å². The lowest BCUT2D eigenvalue weighted by Crippen LogP contribution is -2.28. The minimum Gasteiger partial charge on any atom is -0.466 e. The molecule has 20 heavy (non-hydrogen) atoms. The monoisotopic (exact) mass is 286 g/mol. The molecular formula is C15H26O5. The van der Waals surface area contributed by atoms with Gasteiger partial charge in [-0.05, 0) is 26.7 Å². The summed E-state index contributed by atoms with van der Waals surface area (Å²) in [5, 5.41) is 0.